The molecule has 4 heteroatoms. The minimum absolute atomic E-state index is 0.806. The minimum Gasteiger partial charge on any atom is -0.359 e. The molecule has 0 aliphatic carbocycles. The van der Waals surface area contributed by atoms with Gasteiger partial charge in [-0.15, -0.1) is 0 Å². The summed E-state index contributed by atoms with van der Waals surface area (Å²) >= 11 is 0. The number of aryl methyl sites for hydroxylation is 3. The van der Waals surface area contributed by atoms with Gasteiger partial charge in [0.1, 0.15) is 11.4 Å². The van der Waals surface area contributed by atoms with Crippen LogP contribution in [0.3, 0.4) is 0 Å². The monoisotopic (exact) mass is 241 g/mol. The van der Waals surface area contributed by atoms with E-state index in [1.807, 2.05) is 20.9 Å². The molecule has 0 unspecified atom stereocenters. The molecule has 0 saturated heterocycles. The van der Waals surface area contributed by atoms with Crippen molar-refractivity contribution in [2.45, 2.75) is 13.8 Å². The Morgan fingerprint density at radius 2 is 2.06 bits per heavy atom. The summed E-state index contributed by atoms with van der Waals surface area (Å²) in [5.41, 5.74) is 4.09. The van der Waals surface area contributed by atoms with E-state index in [9.17, 15) is 0 Å². The van der Waals surface area contributed by atoms with Crippen molar-refractivity contribution in [2.75, 3.05) is 5.32 Å². The zero-order valence-corrected chi connectivity index (χ0v) is 10.7. The number of anilines is 2. The summed E-state index contributed by atoms with van der Waals surface area (Å²) in [5, 5.41) is 8.51. The first-order valence-electron chi connectivity index (χ1n) is 5.90. The van der Waals surface area contributed by atoms with E-state index in [-0.39, 0.29) is 0 Å². The second-order valence-electron chi connectivity index (χ2n) is 4.52. The van der Waals surface area contributed by atoms with Gasteiger partial charge >= 0.3 is 0 Å². The molecule has 0 radical (unpaired) electrons. The van der Waals surface area contributed by atoms with Gasteiger partial charge in [-0.3, -0.25) is 0 Å². The molecule has 0 aliphatic heterocycles. The maximum absolute atomic E-state index is 5.14. The third kappa shape index (κ3) is 1.66. The van der Waals surface area contributed by atoms with Crippen LogP contribution in [-0.2, 0) is 7.05 Å². The van der Waals surface area contributed by atoms with E-state index in [0.29, 0.717) is 0 Å². The van der Waals surface area contributed by atoms with Crippen LogP contribution in [0.25, 0.3) is 10.9 Å². The lowest BCUT2D eigenvalue weighted by Crippen LogP contribution is -1.93. The van der Waals surface area contributed by atoms with Gasteiger partial charge in [0, 0.05) is 29.8 Å². The van der Waals surface area contributed by atoms with E-state index in [4.69, 9.17) is 4.52 Å². The average Bonchev–Trinajstić information content (AvgIpc) is 2.87. The number of nitrogens with zero attached hydrogens (tertiary/aromatic N) is 2. The lowest BCUT2D eigenvalue weighted by molar-refractivity contribution is 0.393. The first-order valence-corrected chi connectivity index (χ1v) is 5.90. The van der Waals surface area contributed by atoms with E-state index in [0.717, 1.165) is 22.8 Å². The Bertz CT molecular complexity index is 689. The minimum atomic E-state index is 0.806. The maximum Gasteiger partial charge on any atom is 0.157 e. The molecule has 0 saturated carbocycles. The molecule has 1 aromatic carbocycles. The van der Waals surface area contributed by atoms with Crippen LogP contribution in [0.1, 0.15) is 11.5 Å². The number of hydrogen-bond donors (Lipinski definition) is 1. The zero-order valence-electron chi connectivity index (χ0n) is 10.7. The van der Waals surface area contributed by atoms with Crippen LogP contribution in [0.4, 0.5) is 11.4 Å². The van der Waals surface area contributed by atoms with Crippen LogP contribution in [0, 0.1) is 13.8 Å². The highest BCUT2D eigenvalue weighted by Gasteiger charge is 2.09. The normalized spacial score (nSPS) is 11.1. The topological polar surface area (TPSA) is 43.0 Å². The molecule has 0 atom stereocenters. The molecule has 0 fully saturated rings. The highest BCUT2D eigenvalue weighted by molar-refractivity contribution is 5.84. The van der Waals surface area contributed by atoms with Gasteiger partial charge in [0.05, 0.1) is 0 Å². The van der Waals surface area contributed by atoms with Gasteiger partial charge in [-0.25, -0.2) is 0 Å². The lowest BCUT2D eigenvalue weighted by Gasteiger charge is -2.06. The van der Waals surface area contributed by atoms with Gasteiger partial charge in [0.15, 0.2) is 5.76 Å². The average molecular weight is 241 g/mol. The number of hydrogen-bond acceptors (Lipinski definition) is 3. The van der Waals surface area contributed by atoms with Crippen LogP contribution in [-0.4, -0.2) is 9.72 Å². The maximum atomic E-state index is 5.14. The predicted molar refractivity (Wildman–Crippen MR) is 72.2 cm³/mol. The number of fused-ring (bicyclic) bond motifs is 1. The quantitative estimate of drug-likeness (QED) is 0.746. The molecule has 0 bridgehead atoms. The van der Waals surface area contributed by atoms with Crippen LogP contribution in [0.2, 0.25) is 0 Å². The van der Waals surface area contributed by atoms with Gasteiger partial charge in [0.2, 0.25) is 0 Å². The zero-order chi connectivity index (χ0) is 12.7. The third-order valence-corrected chi connectivity index (χ3v) is 3.19. The Kier molecular flexibility index (Phi) is 2.37. The fourth-order valence-electron chi connectivity index (χ4n) is 2.17. The molecule has 0 spiro atoms. The number of rotatable bonds is 2. The molecule has 2 aromatic heterocycles. The SMILES string of the molecule is Cc1noc(C)c1Nc1ccc2c(ccn2C)c1. The van der Waals surface area contributed by atoms with Crippen molar-refractivity contribution in [1.82, 2.24) is 9.72 Å². The molecule has 92 valence electrons. The number of benzene rings is 1. The van der Waals surface area contributed by atoms with E-state index in [1.165, 1.54) is 10.9 Å². The van der Waals surface area contributed by atoms with Gasteiger partial charge < -0.3 is 14.4 Å². The molecule has 4 nitrogen and oxygen atoms in total. The predicted octanol–water partition coefficient (Wildman–Crippen LogP) is 3.53. The van der Waals surface area contributed by atoms with Crippen molar-refractivity contribution < 1.29 is 4.52 Å². The van der Waals surface area contributed by atoms with Crippen molar-refractivity contribution in [3.05, 3.63) is 41.9 Å². The van der Waals surface area contributed by atoms with Gasteiger partial charge in [-0.2, -0.15) is 0 Å². The third-order valence-electron chi connectivity index (χ3n) is 3.19. The molecule has 3 aromatic rings. The second-order valence-corrected chi connectivity index (χ2v) is 4.52. The first-order chi connectivity index (χ1) is 8.65. The van der Waals surface area contributed by atoms with Crippen LogP contribution < -0.4 is 5.32 Å². The molecule has 2 heterocycles. The van der Waals surface area contributed by atoms with Crippen molar-refractivity contribution in [2.24, 2.45) is 7.05 Å². The molecule has 0 amide bonds. The second kappa shape index (κ2) is 3.91. The lowest BCUT2D eigenvalue weighted by atomic mass is 10.2. The Morgan fingerprint density at radius 3 is 2.78 bits per heavy atom. The van der Waals surface area contributed by atoms with Crippen molar-refractivity contribution >= 4 is 22.3 Å². The summed E-state index contributed by atoms with van der Waals surface area (Å²) in [6.07, 6.45) is 2.06. The Morgan fingerprint density at radius 1 is 1.22 bits per heavy atom. The highest BCUT2D eigenvalue weighted by atomic mass is 16.5. The van der Waals surface area contributed by atoms with Crippen molar-refractivity contribution in [1.29, 1.82) is 0 Å². The molecule has 18 heavy (non-hydrogen) atoms. The van der Waals surface area contributed by atoms with Gasteiger partial charge in [-0.05, 0) is 38.1 Å². The van der Waals surface area contributed by atoms with E-state index < -0.39 is 0 Å². The van der Waals surface area contributed by atoms with Crippen LogP contribution in [0.15, 0.2) is 35.0 Å². The van der Waals surface area contributed by atoms with Crippen LogP contribution in [0.5, 0.6) is 0 Å². The fourth-order valence-corrected chi connectivity index (χ4v) is 2.17. The van der Waals surface area contributed by atoms with Crippen molar-refractivity contribution in [3.8, 4) is 0 Å². The molecular formula is C14H15N3O. The number of aromatic nitrogens is 2. The van der Waals surface area contributed by atoms with E-state index in [1.54, 1.807) is 0 Å². The Labute approximate surface area is 105 Å². The summed E-state index contributed by atoms with van der Waals surface area (Å²) in [6.45, 7) is 3.84. The molecule has 0 aliphatic rings. The highest BCUT2D eigenvalue weighted by Crippen LogP contribution is 2.26. The Balaban J connectivity index is 2.00. The summed E-state index contributed by atoms with van der Waals surface area (Å²) < 4.78 is 7.25. The summed E-state index contributed by atoms with van der Waals surface area (Å²) in [6, 6.07) is 8.40. The van der Waals surface area contributed by atoms with E-state index >= 15 is 0 Å². The molecule has 3 rings (SSSR count). The summed E-state index contributed by atoms with van der Waals surface area (Å²) in [7, 11) is 2.05. The molecule has 1 N–H and O–H groups in total. The van der Waals surface area contributed by atoms with E-state index in [2.05, 4.69) is 45.5 Å². The standard InChI is InChI=1S/C14H15N3O/c1-9-14(10(2)18-16-9)15-12-4-5-13-11(8-12)6-7-17(13)3/h4-8,15H,1-3H3. The van der Waals surface area contributed by atoms with Crippen molar-refractivity contribution in [3.63, 3.8) is 0 Å². The molecular weight excluding hydrogens is 226 g/mol. The smallest absolute Gasteiger partial charge is 0.157 e. The summed E-state index contributed by atoms with van der Waals surface area (Å²) in [4.78, 5) is 0. The van der Waals surface area contributed by atoms with Crippen LogP contribution >= 0.6 is 0 Å². The fraction of sp³-hybridized carbons (Fsp3) is 0.214. The first kappa shape index (κ1) is 10.9. The number of nitrogens with one attached hydrogen (secondary N) is 1. The Hall–Kier alpha value is -2.23. The largest absolute Gasteiger partial charge is 0.359 e. The summed E-state index contributed by atoms with van der Waals surface area (Å²) in [5.74, 6) is 0.806. The van der Waals surface area contributed by atoms with Gasteiger partial charge in [0.25, 0.3) is 0 Å². The van der Waals surface area contributed by atoms with Gasteiger partial charge in [-0.1, -0.05) is 5.16 Å².